The molecule has 0 aliphatic heterocycles. The van der Waals surface area contributed by atoms with Crippen molar-refractivity contribution in [2.45, 2.75) is 19.3 Å². The third-order valence-corrected chi connectivity index (χ3v) is 3.58. The summed E-state index contributed by atoms with van der Waals surface area (Å²) in [7, 11) is 0. The molecule has 0 bridgehead atoms. The average molecular weight is 224 g/mol. The molecule has 0 aromatic rings. The molecule has 2 nitrogen and oxygen atoms in total. The van der Waals surface area contributed by atoms with Crippen LogP contribution in [0, 0.1) is 23.7 Å². The van der Waals surface area contributed by atoms with Crippen LogP contribution in [-0.2, 0) is 9.59 Å². The highest BCUT2D eigenvalue weighted by atomic mass is 16.2. The van der Waals surface area contributed by atoms with Gasteiger partial charge in [-0.3, -0.25) is 9.59 Å². The minimum Gasteiger partial charge on any atom is -0.294 e. The summed E-state index contributed by atoms with van der Waals surface area (Å²) in [5.41, 5.74) is 1.41. The SMILES string of the molecule is O=C1CC(=O)C2=C1CC#CC1C=CC=CC1C2. The molecule has 2 unspecified atom stereocenters. The zero-order valence-corrected chi connectivity index (χ0v) is 9.40. The molecule has 0 radical (unpaired) electrons. The summed E-state index contributed by atoms with van der Waals surface area (Å²) >= 11 is 0. The van der Waals surface area contributed by atoms with Gasteiger partial charge in [0.2, 0.25) is 0 Å². The fourth-order valence-corrected chi connectivity index (χ4v) is 2.63. The van der Waals surface area contributed by atoms with E-state index in [0.29, 0.717) is 18.4 Å². The Bertz CT molecular complexity index is 549. The predicted molar refractivity (Wildman–Crippen MR) is 63.9 cm³/mol. The zero-order valence-electron chi connectivity index (χ0n) is 9.40. The Morgan fingerprint density at radius 2 is 1.82 bits per heavy atom. The maximum atomic E-state index is 11.8. The molecule has 0 spiro atoms. The number of allylic oxidation sites excluding steroid dienone is 6. The minimum absolute atomic E-state index is 0.00963. The Labute approximate surface area is 100 Å². The van der Waals surface area contributed by atoms with Crippen molar-refractivity contribution in [1.82, 2.24) is 0 Å². The first kappa shape index (κ1) is 10.3. The van der Waals surface area contributed by atoms with E-state index in [2.05, 4.69) is 24.0 Å². The van der Waals surface area contributed by atoms with Crippen molar-refractivity contribution in [3.05, 3.63) is 35.5 Å². The third kappa shape index (κ3) is 1.68. The van der Waals surface area contributed by atoms with E-state index in [-0.39, 0.29) is 29.8 Å². The summed E-state index contributed by atoms with van der Waals surface area (Å²) < 4.78 is 0. The zero-order chi connectivity index (χ0) is 11.8. The van der Waals surface area contributed by atoms with Gasteiger partial charge in [0, 0.05) is 23.5 Å². The maximum absolute atomic E-state index is 11.8. The maximum Gasteiger partial charge on any atom is 0.167 e. The van der Waals surface area contributed by atoms with Crippen LogP contribution >= 0.6 is 0 Å². The molecule has 0 amide bonds. The monoisotopic (exact) mass is 224 g/mol. The largest absolute Gasteiger partial charge is 0.294 e. The van der Waals surface area contributed by atoms with E-state index in [0.717, 1.165) is 5.57 Å². The van der Waals surface area contributed by atoms with Gasteiger partial charge in [-0.05, 0) is 12.3 Å². The van der Waals surface area contributed by atoms with E-state index in [9.17, 15) is 9.59 Å². The van der Waals surface area contributed by atoms with Crippen LogP contribution in [0.25, 0.3) is 0 Å². The number of hydrogen-bond acceptors (Lipinski definition) is 2. The van der Waals surface area contributed by atoms with Gasteiger partial charge < -0.3 is 0 Å². The molecule has 3 aliphatic carbocycles. The second kappa shape index (κ2) is 3.85. The highest BCUT2D eigenvalue weighted by molar-refractivity contribution is 6.22. The van der Waals surface area contributed by atoms with Gasteiger partial charge in [-0.1, -0.05) is 36.1 Å². The van der Waals surface area contributed by atoms with Crippen LogP contribution < -0.4 is 0 Å². The van der Waals surface area contributed by atoms with Crippen LogP contribution in [-0.4, -0.2) is 11.6 Å². The number of hydrogen-bond donors (Lipinski definition) is 0. The normalized spacial score (nSPS) is 30.4. The molecule has 2 heteroatoms. The fraction of sp³-hybridized carbons (Fsp3) is 0.333. The van der Waals surface area contributed by atoms with Crippen molar-refractivity contribution in [2.75, 3.05) is 0 Å². The van der Waals surface area contributed by atoms with Gasteiger partial charge in [0.15, 0.2) is 11.6 Å². The molecular formula is C15H12O2. The molecule has 0 aromatic carbocycles. The Morgan fingerprint density at radius 3 is 2.71 bits per heavy atom. The number of rotatable bonds is 0. The topological polar surface area (TPSA) is 34.1 Å². The van der Waals surface area contributed by atoms with Gasteiger partial charge in [-0.2, -0.15) is 0 Å². The summed E-state index contributed by atoms with van der Waals surface area (Å²) in [4.78, 5) is 23.5. The highest BCUT2D eigenvalue weighted by Gasteiger charge is 2.33. The lowest BCUT2D eigenvalue weighted by Crippen LogP contribution is -2.15. The molecule has 0 fully saturated rings. The Balaban J connectivity index is 2.01. The molecule has 0 N–H and O–H groups in total. The molecular weight excluding hydrogens is 212 g/mol. The van der Waals surface area contributed by atoms with E-state index in [1.807, 2.05) is 12.2 Å². The molecule has 84 valence electrons. The van der Waals surface area contributed by atoms with Gasteiger partial charge >= 0.3 is 0 Å². The van der Waals surface area contributed by atoms with E-state index in [4.69, 9.17) is 0 Å². The van der Waals surface area contributed by atoms with E-state index in [1.165, 1.54) is 0 Å². The standard InChI is InChI=1S/C15H12O2/c16-14-9-15(17)13-8-11-5-2-1-4-10(11)6-3-7-12(13)14/h1-2,4-5,10-11H,7-9H2. The van der Waals surface area contributed by atoms with Crippen LogP contribution in [0.3, 0.4) is 0 Å². The first-order chi connectivity index (χ1) is 8.25. The van der Waals surface area contributed by atoms with E-state index < -0.39 is 0 Å². The smallest absolute Gasteiger partial charge is 0.167 e. The van der Waals surface area contributed by atoms with Crippen LogP contribution in [0.1, 0.15) is 19.3 Å². The quantitative estimate of drug-likeness (QED) is 0.465. The molecule has 0 heterocycles. The number of Topliss-reactive ketones (excluding diaryl/α,β-unsaturated/α-hetero) is 2. The average Bonchev–Trinajstić information content (AvgIpc) is 2.53. The Kier molecular flexibility index (Phi) is 2.33. The molecule has 3 rings (SSSR count). The van der Waals surface area contributed by atoms with Gasteiger partial charge in [0.25, 0.3) is 0 Å². The second-order valence-electron chi connectivity index (χ2n) is 4.64. The third-order valence-electron chi connectivity index (χ3n) is 3.58. The van der Waals surface area contributed by atoms with E-state index in [1.54, 1.807) is 0 Å². The minimum atomic E-state index is -0.0203. The number of fused-ring (bicyclic) bond motifs is 1. The van der Waals surface area contributed by atoms with Crippen LogP contribution in [0.5, 0.6) is 0 Å². The highest BCUT2D eigenvalue weighted by Crippen LogP contribution is 2.33. The number of ketones is 2. The van der Waals surface area contributed by atoms with Crippen molar-refractivity contribution in [3.8, 4) is 11.8 Å². The summed E-state index contributed by atoms with van der Waals surface area (Å²) in [5, 5.41) is 0. The van der Waals surface area contributed by atoms with Crippen LogP contribution in [0.15, 0.2) is 35.5 Å². The fourth-order valence-electron chi connectivity index (χ4n) is 2.63. The van der Waals surface area contributed by atoms with Crippen LogP contribution in [0.2, 0.25) is 0 Å². The van der Waals surface area contributed by atoms with Crippen LogP contribution in [0.4, 0.5) is 0 Å². The number of carbonyl (C=O) groups excluding carboxylic acids is 2. The molecule has 0 saturated heterocycles. The summed E-state index contributed by atoms with van der Waals surface area (Å²) in [6.45, 7) is 0. The van der Waals surface area contributed by atoms with Crippen molar-refractivity contribution < 1.29 is 9.59 Å². The molecule has 17 heavy (non-hydrogen) atoms. The lowest BCUT2D eigenvalue weighted by molar-refractivity contribution is -0.121. The second-order valence-corrected chi connectivity index (χ2v) is 4.64. The Morgan fingerprint density at radius 1 is 1.06 bits per heavy atom. The van der Waals surface area contributed by atoms with E-state index >= 15 is 0 Å². The lowest BCUT2D eigenvalue weighted by Gasteiger charge is -2.21. The summed E-state index contributed by atoms with van der Waals surface area (Å²) in [6.07, 6.45) is 9.32. The van der Waals surface area contributed by atoms with Gasteiger partial charge in [0.1, 0.15) is 0 Å². The van der Waals surface area contributed by atoms with Gasteiger partial charge in [-0.15, -0.1) is 0 Å². The summed E-state index contributed by atoms with van der Waals surface area (Å²) in [5.74, 6) is 6.65. The molecule has 2 atom stereocenters. The van der Waals surface area contributed by atoms with Crippen molar-refractivity contribution in [3.63, 3.8) is 0 Å². The van der Waals surface area contributed by atoms with Gasteiger partial charge in [0.05, 0.1) is 6.42 Å². The number of carbonyl (C=O) groups is 2. The molecule has 0 aromatic heterocycles. The molecule has 3 aliphatic rings. The first-order valence-electron chi connectivity index (χ1n) is 5.87. The van der Waals surface area contributed by atoms with Crippen molar-refractivity contribution in [2.24, 2.45) is 11.8 Å². The first-order valence-corrected chi connectivity index (χ1v) is 5.87. The lowest BCUT2D eigenvalue weighted by atomic mass is 9.81. The molecule has 0 saturated carbocycles. The predicted octanol–water partition coefficient (Wildman–Crippen LogP) is 1.98. The van der Waals surface area contributed by atoms with Crippen molar-refractivity contribution >= 4 is 11.6 Å². The van der Waals surface area contributed by atoms with Gasteiger partial charge in [-0.25, -0.2) is 0 Å². The summed E-state index contributed by atoms with van der Waals surface area (Å²) in [6, 6.07) is 0. The Hall–Kier alpha value is -1.88. The van der Waals surface area contributed by atoms with Crippen molar-refractivity contribution in [1.29, 1.82) is 0 Å².